The van der Waals surface area contributed by atoms with Crippen LogP contribution in [0.15, 0.2) is 16.6 Å². The second-order valence-electron chi connectivity index (χ2n) is 3.60. The Morgan fingerprint density at radius 1 is 1.06 bits per heavy atom. The Balaban J connectivity index is 2.44. The zero-order chi connectivity index (χ0) is 13.6. The number of aliphatic hydroxyl groups is 1. The van der Waals surface area contributed by atoms with E-state index in [1.54, 1.807) is 0 Å². The van der Waals surface area contributed by atoms with Crippen LogP contribution in [-0.4, -0.2) is 23.9 Å². The molecule has 3 nitrogen and oxygen atoms in total. The normalized spacial score (nSPS) is 19.7. The molecule has 0 fully saturated rings. The van der Waals surface area contributed by atoms with Crippen molar-refractivity contribution in [1.82, 2.24) is 0 Å². The molecule has 8 heteroatoms. The van der Waals surface area contributed by atoms with E-state index in [-0.39, 0.29) is 13.0 Å². The van der Waals surface area contributed by atoms with Crippen molar-refractivity contribution in [3.05, 3.63) is 22.2 Å². The lowest BCUT2D eigenvalue weighted by Gasteiger charge is -2.32. The van der Waals surface area contributed by atoms with Crippen LogP contribution in [0.1, 0.15) is 5.56 Å². The van der Waals surface area contributed by atoms with Crippen LogP contribution in [0.5, 0.6) is 11.5 Å². The number of hydrogen-bond acceptors (Lipinski definition) is 3. The molecular weight excluding hydrogens is 324 g/mol. The fraction of sp³-hybridized carbons (Fsp3) is 0.400. The van der Waals surface area contributed by atoms with Gasteiger partial charge in [0.1, 0.15) is 0 Å². The second kappa shape index (κ2) is 4.27. The number of halogens is 5. The van der Waals surface area contributed by atoms with Gasteiger partial charge in [-0.25, -0.2) is 0 Å². The maximum absolute atomic E-state index is 12.9. The van der Waals surface area contributed by atoms with Crippen molar-refractivity contribution >= 4 is 15.9 Å². The summed E-state index contributed by atoms with van der Waals surface area (Å²) in [4.78, 5) is 0. The molecule has 0 atom stereocenters. The maximum Gasteiger partial charge on any atom is 0.507 e. The molecule has 1 aliphatic rings. The molecule has 0 aliphatic carbocycles. The molecule has 0 bridgehead atoms. The fourth-order valence-corrected chi connectivity index (χ4v) is 1.96. The molecular formula is C10H7BrF4O3. The summed E-state index contributed by atoms with van der Waals surface area (Å²) in [5.41, 5.74) is 0.445. The van der Waals surface area contributed by atoms with Gasteiger partial charge >= 0.3 is 12.2 Å². The van der Waals surface area contributed by atoms with Gasteiger partial charge in [-0.1, -0.05) is 15.9 Å². The van der Waals surface area contributed by atoms with Gasteiger partial charge in [-0.15, -0.1) is 0 Å². The Bertz CT molecular complexity index is 478. The first-order valence-electron chi connectivity index (χ1n) is 4.84. The summed E-state index contributed by atoms with van der Waals surface area (Å²) in [6.07, 6.45) is -9.29. The average Bonchev–Trinajstić information content (AvgIpc) is 2.22. The smallest absolute Gasteiger partial charge is 0.421 e. The molecule has 0 spiro atoms. The van der Waals surface area contributed by atoms with E-state index in [2.05, 4.69) is 25.4 Å². The van der Waals surface area contributed by atoms with Crippen molar-refractivity contribution in [1.29, 1.82) is 0 Å². The molecule has 0 unspecified atom stereocenters. The zero-order valence-corrected chi connectivity index (χ0v) is 10.3. The van der Waals surface area contributed by atoms with Gasteiger partial charge in [-0.2, -0.15) is 17.6 Å². The van der Waals surface area contributed by atoms with E-state index in [0.29, 0.717) is 10.0 Å². The molecule has 1 aromatic carbocycles. The third kappa shape index (κ3) is 2.14. The summed E-state index contributed by atoms with van der Waals surface area (Å²) in [6.45, 7) is -0.217. The van der Waals surface area contributed by atoms with Crippen molar-refractivity contribution in [2.45, 2.75) is 18.6 Å². The van der Waals surface area contributed by atoms with Crippen LogP contribution in [0.4, 0.5) is 17.6 Å². The van der Waals surface area contributed by atoms with E-state index in [0.717, 1.165) is 12.1 Å². The monoisotopic (exact) mass is 330 g/mol. The van der Waals surface area contributed by atoms with E-state index < -0.39 is 23.7 Å². The number of fused-ring (bicyclic) bond motifs is 1. The summed E-state index contributed by atoms with van der Waals surface area (Å²) in [5.74, 6) is -0.975. The molecule has 1 N–H and O–H groups in total. The highest BCUT2D eigenvalue weighted by Gasteiger charge is 2.65. The van der Waals surface area contributed by atoms with Gasteiger partial charge in [0.2, 0.25) is 0 Å². The third-order valence-electron chi connectivity index (χ3n) is 2.31. The first-order valence-corrected chi connectivity index (χ1v) is 5.63. The molecule has 0 aromatic heterocycles. The lowest BCUT2D eigenvalue weighted by molar-refractivity contribution is -0.391. The van der Waals surface area contributed by atoms with Gasteiger partial charge in [-0.05, 0) is 24.1 Å². The SMILES string of the molecule is OCCc1cc2c(cc1Br)OC(F)(F)C(F)(F)O2. The Labute approximate surface area is 107 Å². The van der Waals surface area contributed by atoms with Crippen molar-refractivity contribution in [2.75, 3.05) is 6.61 Å². The number of benzene rings is 1. The minimum atomic E-state index is -4.73. The molecule has 1 aromatic rings. The predicted octanol–water partition coefficient (Wildman–Crippen LogP) is 2.94. The average molecular weight is 331 g/mol. The summed E-state index contributed by atoms with van der Waals surface area (Å²) in [7, 11) is 0. The van der Waals surface area contributed by atoms with Crippen molar-refractivity contribution in [2.24, 2.45) is 0 Å². The van der Waals surface area contributed by atoms with Crippen molar-refractivity contribution < 1.29 is 32.1 Å². The van der Waals surface area contributed by atoms with E-state index in [9.17, 15) is 17.6 Å². The number of aliphatic hydroxyl groups excluding tert-OH is 1. The van der Waals surface area contributed by atoms with Crippen LogP contribution in [0.2, 0.25) is 0 Å². The first kappa shape index (κ1) is 13.4. The van der Waals surface area contributed by atoms with Gasteiger partial charge in [0.25, 0.3) is 0 Å². The molecule has 0 saturated heterocycles. The third-order valence-corrected chi connectivity index (χ3v) is 3.05. The first-order chi connectivity index (χ1) is 8.27. The molecule has 1 aliphatic heterocycles. The minimum absolute atomic E-state index is 0.166. The predicted molar refractivity (Wildman–Crippen MR) is 56.1 cm³/mol. The van der Waals surface area contributed by atoms with Gasteiger partial charge in [0.15, 0.2) is 11.5 Å². The van der Waals surface area contributed by atoms with E-state index in [4.69, 9.17) is 5.11 Å². The maximum atomic E-state index is 12.9. The summed E-state index contributed by atoms with van der Waals surface area (Å²) in [5, 5.41) is 8.77. The van der Waals surface area contributed by atoms with E-state index in [1.807, 2.05) is 0 Å². The second-order valence-corrected chi connectivity index (χ2v) is 4.46. The topological polar surface area (TPSA) is 38.7 Å². The molecule has 100 valence electrons. The molecule has 18 heavy (non-hydrogen) atoms. The van der Waals surface area contributed by atoms with E-state index >= 15 is 0 Å². The molecule has 0 amide bonds. The Hall–Kier alpha value is -1.02. The highest BCUT2D eigenvalue weighted by molar-refractivity contribution is 9.10. The highest BCUT2D eigenvalue weighted by atomic mass is 79.9. The number of rotatable bonds is 2. The molecule has 2 rings (SSSR count). The largest absolute Gasteiger partial charge is 0.507 e. The Morgan fingerprint density at radius 3 is 2.06 bits per heavy atom. The van der Waals surface area contributed by atoms with Crippen LogP contribution in [-0.2, 0) is 6.42 Å². The number of ether oxygens (including phenoxy) is 2. The summed E-state index contributed by atoms with van der Waals surface area (Å²) >= 11 is 3.06. The van der Waals surface area contributed by atoms with Gasteiger partial charge in [0, 0.05) is 11.1 Å². The van der Waals surface area contributed by atoms with Crippen LogP contribution in [0.3, 0.4) is 0 Å². The fourth-order valence-electron chi connectivity index (χ4n) is 1.44. The lowest BCUT2D eigenvalue weighted by atomic mass is 10.1. The Morgan fingerprint density at radius 2 is 1.56 bits per heavy atom. The Kier molecular flexibility index (Phi) is 3.18. The number of alkyl halides is 4. The van der Waals surface area contributed by atoms with Crippen LogP contribution in [0.25, 0.3) is 0 Å². The van der Waals surface area contributed by atoms with E-state index in [1.165, 1.54) is 0 Å². The van der Waals surface area contributed by atoms with Gasteiger partial charge in [0.05, 0.1) is 0 Å². The number of hydrogen-bond donors (Lipinski definition) is 1. The minimum Gasteiger partial charge on any atom is -0.421 e. The van der Waals surface area contributed by atoms with Crippen molar-refractivity contribution in [3.8, 4) is 11.5 Å². The summed E-state index contributed by atoms with van der Waals surface area (Å²) in [6, 6.07) is 2.22. The van der Waals surface area contributed by atoms with Gasteiger partial charge in [-0.3, -0.25) is 0 Å². The van der Waals surface area contributed by atoms with Crippen LogP contribution < -0.4 is 9.47 Å². The van der Waals surface area contributed by atoms with Gasteiger partial charge < -0.3 is 14.6 Å². The van der Waals surface area contributed by atoms with Crippen LogP contribution in [0, 0.1) is 0 Å². The van der Waals surface area contributed by atoms with Crippen molar-refractivity contribution in [3.63, 3.8) is 0 Å². The zero-order valence-electron chi connectivity index (χ0n) is 8.72. The molecule has 0 saturated carbocycles. The summed E-state index contributed by atoms with van der Waals surface area (Å²) < 4.78 is 59.9. The lowest BCUT2D eigenvalue weighted by Crippen LogP contribution is -2.52. The standard InChI is InChI=1S/C10H7BrF4O3/c11-6-4-8-7(3-5(6)1-2-16)17-9(12,13)10(14,15)18-8/h3-4,16H,1-2H2. The quantitative estimate of drug-likeness (QED) is 0.847. The molecule has 1 heterocycles. The molecule has 0 radical (unpaired) electrons. The highest BCUT2D eigenvalue weighted by Crippen LogP contribution is 2.48. The van der Waals surface area contributed by atoms with Crippen LogP contribution >= 0.6 is 15.9 Å².